The lowest BCUT2D eigenvalue weighted by molar-refractivity contribution is 0.251. The van der Waals surface area contributed by atoms with Gasteiger partial charge < -0.3 is 5.11 Å². The molecule has 42 heavy (non-hydrogen) atoms. The van der Waals surface area contributed by atoms with Crippen LogP contribution in [0.25, 0.3) is 0 Å². The number of hydrogen-bond acceptors (Lipinski definition) is 7. The quantitative estimate of drug-likeness (QED) is 0.185. The summed E-state index contributed by atoms with van der Waals surface area (Å²) in [4.78, 5) is 22.8. The third kappa shape index (κ3) is 8.77. The number of hydrogen-bond donors (Lipinski definition) is 1. The molecule has 0 radical (unpaired) electrons. The van der Waals surface area contributed by atoms with Crippen LogP contribution in [-0.2, 0) is 39.0 Å². The number of phenols is 1. The Morgan fingerprint density at radius 1 is 0.524 bits per heavy atom. The molecule has 0 atom stereocenters. The van der Waals surface area contributed by atoms with Crippen LogP contribution in [0.3, 0.4) is 0 Å². The normalized spacial score (nSPS) is 11.3. The van der Waals surface area contributed by atoms with E-state index < -0.39 is 0 Å². The number of aromatic nitrogens is 4. The summed E-state index contributed by atoms with van der Waals surface area (Å²) in [6, 6.07) is 28.2. The Hall–Kier alpha value is -4.46. The zero-order chi connectivity index (χ0) is 29.0. The third-order valence-electron chi connectivity index (χ3n) is 7.25. The average molecular weight is 559 g/mol. The Bertz CT molecular complexity index is 1310. The van der Waals surface area contributed by atoms with Gasteiger partial charge in [-0.1, -0.05) is 42.0 Å². The van der Waals surface area contributed by atoms with Crippen LogP contribution >= 0.6 is 0 Å². The van der Waals surface area contributed by atoms with Crippen molar-refractivity contribution in [3.05, 3.63) is 149 Å². The lowest BCUT2D eigenvalue weighted by Gasteiger charge is -2.23. The molecule has 214 valence electrons. The number of nitrogens with zero attached hydrogens (tertiary/aromatic N) is 6. The highest BCUT2D eigenvalue weighted by atomic mass is 16.3. The molecule has 7 heteroatoms. The van der Waals surface area contributed by atoms with Gasteiger partial charge in [-0.05, 0) is 79.4 Å². The van der Waals surface area contributed by atoms with E-state index in [1.54, 1.807) is 0 Å². The molecule has 0 fully saturated rings. The fourth-order valence-electron chi connectivity index (χ4n) is 5.18. The summed E-state index contributed by atoms with van der Waals surface area (Å²) in [6.07, 6.45) is 8.78. The fourth-order valence-corrected chi connectivity index (χ4v) is 5.18. The Morgan fingerprint density at radius 3 is 1.14 bits per heavy atom. The van der Waals surface area contributed by atoms with Crippen LogP contribution in [0, 0.1) is 6.92 Å². The van der Waals surface area contributed by atoms with E-state index in [0.29, 0.717) is 31.9 Å². The summed E-state index contributed by atoms with van der Waals surface area (Å²) >= 11 is 0. The van der Waals surface area contributed by atoms with E-state index in [1.807, 2.05) is 73.3 Å². The summed E-state index contributed by atoms with van der Waals surface area (Å²) in [5, 5.41) is 11.4. The predicted octanol–water partition coefficient (Wildman–Crippen LogP) is 5.77. The Balaban J connectivity index is 1.29. The van der Waals surface area contributed by atoms with Gasteiger partial charge in [0.1, 0.15) is 5.75 Å². The zero-order valence-corrected chi connectivity index (χ0v) is 24.2. The Morgan fingerprint density at radius 2 is 0.857 bits per heavy atom. The molecule has 5 aromatic rings. The summed E-state index contributed by atoms with van der Waals surface area (Å²) < 4.78 is 0. The second-order valence-electron chi connectivity index (χ2n) is 10.6. The first kappa shape index (κ1) is 29.0. The van der Waals surface area contributed by atoms with Crippen molar-refractivity contribution >= 4 is 0 Å². The molecule has 0 unspecified atom stereocenters. The second-order valence-corrected chi connectivity index (χ2v) is 10.6. The van der Waals surface area contributed by atoms with E-state index in [2.05, 4.69) is 73.1 Å². The van der Waals surface area contributed by atoms with Gasteiger partial charge in [0.05, 0.1) is 22.8 Å². The van der Waals surface area contributed by atoms with Crippen LogP contribution in [0.1, 0.15) is 39.5 Å². The molecular formula is C35H38N6O. The predicted molar refractivity (Wildman–Crippen MR) is 165 cm³/mol. The van der Waals surface area contributed by atoms with Crippen LogP contribution < -0.4 is 0 Å². The van der Waals surface area contributed by atoms with Crippen LogP contribution in [0.5, 0.6) is 5.75 Å². The molecule has 4 aromatic heterocycles. The smallest absolute Gasteiger partial charge is 0.122 e. The van der Waals surface area contributed by atoms with Crippen LogP contribution in [0.2, 0.25) is 0 Å². The summed E-state index contributed by atoms with van der Waals surface area (Å²) in [5.41, 5.74) is 7.16. The van der Waals surface area contributed by atoms with Crippen LogP contribution in [-0.4, -0.2) is 47.9 Å². The average Bonchev–Trinajstić information content (AvgIpc) is 3.02. The van der Waals surface area contributed by atoms with E-state index in [1.165, 1.54) is 0 Å². The summed E-state index contributed by atoms with van der Waals surface area (Å²) in [7, 11) is 0. The standard InChI is InChI=1S/C35H38N6O/c1-28-22-29(14-20-40(24-31-10-2-6-16-36-31)25-32-11-3-7-17-37-32)35(42)30(23-28)15-21-41(26-33-12-4-8-18-38-33)27-34-13-5-9-19-39-34/h2-13,16-19,22-23,42H,14-15,20-21,24-27H2,1H3. The number of rotatable bonds is 14. The minimum absolute atomic E-state index is 0.395. The molecule has 0 amide bonds. The molecule has 7 nitrogen and oxygen atoms in total. The highest BCUT2D eigenvalue weighted by molar-refractivity contribution is 5.44. The van der Waals surface area contributed by atoms with Crippen molar-refractivity contribution in [2.75, 3.05) is 13.1 Å². The SMILES string of the molecule is Cc1cc(CCN(Cc2ccccn2)Cc2ccccn2)c(O)c(CCN(Cc2ccccn2)Cc2ccccn2)c1. The number of pyridine rings is 4. The van der Waals surface area contributed by atoms with Crippen LogP contribution in [0.4, 0.5) is 0 Å². The molecule has 0 bridgehead atoms. The monoisotopic (exact) mass is 558 g/mol. The molecule has 1 aromatic carbocycles. The zero-order valence-electron chi connectivity index (χ0n) is 24.2. The molecular weight excluding hydrogens is 520 g/mol. The maximum absolute atomic E-state index is 11.4. The van der Waals surface area contributed by atoms with Gasteiger partial charge in [0.25, 0.3) is 0 Å². The molecule has 5 rings (SSSR count). The van der Waals surface area contributed by atoms with Gasteiger partial charge in [-0.3, -0.25) is 29.7 Å². The van der Waals surface area contributed by atoms with Gasteiger partial charge in [-0.25, -0.2) is 0 Å². The van der Waals surface area contributed by atoms with Crippen molar-refractivity contribution in [3.63, 3.8) is 0 Å². The van der Waals surface area contributed by atoms with Crippen LogP contribution in [0.15, 0.2) is 110 Å². The fraction of sp³-hybridized carbons (Fsp3) is 0.257. The van der Waals surface area contributed by atoms with Crippen molar-refractivity contribution in [1.82, 2.24) is 29.7 Å². The maximum Gasteiger partial charge on any atom is 0.122 e. The molecule has 0 aliphatic heterocycles. The minimum atomic E-state index is 0.395. The highest BCUT2D eigenvalue weighted by Gasteiger charge is 2.15. The van der Waals surface area contributed by atoms with E-state index >= 15 is 0 Å². The summed E-state index contributed by atoms with van der Waals surface area (Å²) in [5.74, 6) is 0.395. The van der Waals surface area contributed by atoms with Crippen molar-refractivity contribution in [3.8, 4) is 5.75 Å². The second kappa shape index (κ2) is 15.0. The maximum atomic E-state index is 11.4. The minimum Gasteiger partial charge on any atom is -0.507 e. The largest absolute Gasteiger partial charge is 0.507 e. The first-order chi connectivity index (χ1) is 20.6. The van der Waals surface area contributed by atoms with Gasteiger partial charge in [0.2, 0.25) is 0 Å². The molecule has 0 saturated heterocycles. The van der Waals surface area contributed by atoms with E-state index in [-0.39, 0.29) is 0 Å². The van der Waals surface area contributed by atoms with Gasteiger partial charge in [0.15, 0.2) is 0 Å². The lowest BCUT2D eigenvalue weighted by Crippen LogP contribution is -2.27. The van der Waals surface area contributed by atoms with Gasteiger partial charge >= 0.3 is 0 Å². The number of aryl methyl sites for hydroxylation is 1. The topological polar surface area (TPSA) is 78.3 Å². The molecule has 0 saturated carbocycles. The van der Waals surface area contributed by atoms with Gasteiger partial charge in [-0.2, -0.15) is 0 Å². The van der Waals surface area contributed by atoms with Crippen molar-refractivity contribution in [2.24, 2.45) is 0 Å². The molecule has 1 N–H and O–H groups in total. The first-order valence-electron chi connectivity index (χ1n) is 14.5. The third-order valence-corrected chi connectivity index (χ3v) is 7.25. The number of aromatic hydroxyl groups is 1. The number of benzene rings is 1. The van der Waals surface area contributed by atoms with E-state index in [0.717, 1.165) is 65.4 Å². The van der Waals surface area contributed by atoms with Crippen molar-refractivity contribution < 1.29 is 5.11 Å². The summed E-state index contributed by atoms with van der Waals surface area (Å²) in [6.45, 7) is 6.51. The van der Waals surface area contributed by atoms with Gasteiger partial charge in [-0.15, -0.1) is 0 Å². The van der Waals surface area contributed by atoms with E-state index in [4.69, 9.17) is 0 Å². The molecule has 0 spiro atoms. The van der Waals surface area contributed by atoms with Crippen molar-refractivity contribution in [2.45, 2.75) is 45.9 Å². The lowest BCUT2D eigenvalue weighted by atomic mass is 9.99. The molecule has 0 aliphatic rings. The molecule has 0 aliphatic carbocycles. The Labute approximate surface area is 248 Å². The first-order valence-corrected chi connectivity index (χ1v) is 14.5. The highest BCUT2D eigenvalue weighted by Crippen LogP contribution is 2.27. The number of phenolic OH excluding ortho intramolecular Hbond substituents is 1. The Kier molecular flexibility index (Phi) is 10.3. The molecule has 4 heterocycles. The van der Waals surface area contributed by atoms with Crippen molar-refractivity contribution in [1.29, 1.82) is 0 Å². The van der Waals surface area contributed by atoms with Gasteiger partial charge in [0, 0.05) is 64.1 Å². The van der Waals surface area contributed by atoms with E-state index in [9.17, 15) is 5.11 Å².